The normalized spacial score (nSPS) is 20.4. The zero-order chi connectivity index (χ0) is 10.1. The largest absolute Gasteiger partial charge is 0.349 e. The molecule has 3 nitrogen and oxygen atoms in total. The molecule has 0 radical (unpaired) electrons. The van der Waals surface area contributed by atoms with Gasteiger partial charge in [-0.1, -0.05) is 13.8 Å². The van der Waals surface area contributed by atoms with Crippen molar-refractivity contribution in [1.29, 1.82) is 0 Å². The molecule has 0 saturated heterocycles. The molecule has 0 fully saturated rings. The number of rotatable bonds is 3. The quantitative estimate of drug-likeness (QED) is 0.511. The Labute approximate surface area is 80.7 Å². The highest BCUT2D eigenvalue weighted by Crippen LogP contribution is 2.10. The zero-order valence-electron chi connectivity index (χ0n) is 9.12. The van der Waals surface area contributed by atoms with Crippen molar-refractivity contribution < 1.29 is 9.06 Å². The zero-order valence-corrected chi connectivity index (χ0v) is 9.12. The Morgan fingerprint density at radius 2 is 2.08 bits per heavy atom. The van der Waals surface area contributed by atoms with Crippen LogP contribution in [0.5, 0.6) is 0 Å². The third-order valence-corrected chi connectivity index (χ3v) is 2.37. The first-order valence-corrected chi connectivity index (χ1v) is 4.85. The first-order valence-electron chi connectivity index (χ1n) is 4.85. The molecule has 13 heavy (non-hydrogen) atoms. The monoisotopic (exact) mass is 183 g/mol. The fourth-order valence-electron chi connectivity index (χ4n) is 1.32. The highest BCUT2D eigenvalue weighted by molar-refractivity contribution is 5.43. The number of hydrogen-bond acceptors (Lipinski definition) is 1. The Kier molecular flexibility index (Phi) is 2.76. The highest BCUT2D eigenvalue weighted by atomic mass is 15.4. The summed E-state index contributed by atoms with van der Waals surface area (Å²) in [6, 6.07) is 0. The highest BCUT2D eigenvalue weighted by Gasteiger charge is 2.31. The average molecular weight is 183 g/mol. The van der Waals surface area contributed by atoms with Gasteiger partial charge in [-0.25, -0.2) is 0 Å². The molecule has 74 valence electrons. The van der Waals surface area contributed by atoms with Gasteiger partial charge in [0, 0.05) is 6.42 Å². The van der Waals surface area contributed by atoms with E-state index in [9.17, 15) is 0 Å². The molecule has 0 spiro atoms. The van der Waals surface area contributed by atoms with Crippen LogP contribution in [0, 0.1) is 5.92 Å². The van der Waals surface area contributed by atoms with Crippen LogP contribution in [-0.2, 0) is 0 Å². The minimum Gasteiger partial charge on any atom is -0.349 e. The van der Waals surface area contributed by atoms with Crippen molar-refractivity contribution in [2.45, 2.75) is 20.3 Å². The molecule has 0 saturated carbocycles. The Morgan fingerprint density at radius 1 is 1.46 bits per heavy atom. The summed E-state index contributed by atoms with van der Waals surface area (Å²) in [6.45, 7) is 5.55. The Bertz CT molecular complexity index is 249. The van der Waals surface area contributed by atoms with E-state index in [4.69, 9.17) is 5.73 Å². The summed E-state index contributed by atoms with van der Waals surface area (Å²) in [6.07, 6.45) is 5.39. The molecular weight excluding hydrogens is 162 g/mol. The predicted molar refractivity (Wildman–Crippen MR) is 55.0 cm³/mol. The van der Waals surface area contributed by atoms with E-state index in [1.807, 2.05) is 6.20 Å². The van der Waals surface area contributed by atoms with Crippen LogP contribution >= 0.6 is 0 Å². The number of quaternary nitrogens is 1. The van der Waals surface area contributed by atoms with E-state index in [1.165, 1.54) is 6.42 Å². The van der Waals surface area contributed by atoms with Crippen LogP contribution in [0.15, 0.2) is 12.0 Å². The van der Waals surface area contributed by atoms with Gasteiger partial charge in [-0.15, -0.1) is 0 Å². The van der Waals surface area contributed by atoms with E-state index in [2.05, 4.69) is 38.9 Å². The number of hydrogen-bond donors (Lipinski definition) is 1. The van der Waals surface area contributed by atoms with Crippen molar-refractivity contribution in [2.75, 3.05) is 20.6 Å². The molecule has 0 atom stereocenters. The molecule has 3 heteroatoms. The molecule has 1 rings (SSSR count). The molecule has 0 aromatic heterocycles. The first-order chi connectivity index (χ1) is 5.92. The van der Waals surface area contributed by atoms with Gasteiger partial charge in [-0.2, -0.15) is 9.06 Å². The minimum atomic E-state index is 0.679. The van der Waals surface area contributed by atoms with Crippen molar-refractivity contribution in [3.05, 3.63) is 12.0 Å². The fourth-order valence-corrected chi connectivity index (χ4v) is 1.32. The van der Waals surface area contributed by atoms with Gasteiger partial charge in [0.2, 0.25) is 0 Å². The van der Waals surface area contributed by atoms with Crippen LogP contribution in [0.1, 0.15) is 20.3 Å². The van der Waals surface area contributed by atoms with Crippen molar-refractivity contribution in [2.24, 2.45) is 11.7 Å². The maximum Gasteiger partial charge on any atom is 0.338 e. The van der Waals surface area contributed by atoms with Gasteiger partial charge in [0.25, 0.3) is 12.0 Å². The molecule has 0 aliphatic carbocycles. The summed E-state index contributed by atoms with van der Waals surface area (Å²) in [5.74, 6) is 1.66. The lowest BCUT2D eigenvalue weighted by molar-refractivity contribution is -0.760. The van der Waals surface area contributed by atoms with Gasteiger partial charge in [-0.05, 0) is 5.92 Å². The molecule has 2 N–H and O–H groups in total. The molecular formula is C10H21N3+2. The van der Waals surface area contributed by atoms with Crippen LogP contribution in [0.25, 0.3) is 0 Å². The van der Waals surface area contributed by atoms with Crippen molar-refractivity contribution >= 4 is 6.34 Å². The van der Waals surface area contributed by atoms with Crippen LogP contribution in [0.2, 0.25) is 0 Å². The van der Waals surface area contributed by atoms with E-state index in [-0.39, 0.29) is 0 Å². The summed E-state index contributed by atoms with van der Waals surface area (Å²) in [5.41, 5.74) is 5.87. The predicted octanol–water partition coefficient (Wildman–Crippen LogP) is 0.921. The van der Waals surface area contributed by atoms with Crippen LogP contribution < -0.4 is 5.73 Å². The number of nitrogens with two attached hydrogens (primary N) is 1. The van der Waals surface area contributed by atoms with Crippen molar-refractivity contribution in [1.82, 2.24) is 0 Å². The molecule has 1 heterocycles. The van der Waals surface area contributed by atoms with Gasteiger partial charge in [0.15, 0.2) is 6.54 Å². The molecule has 0 aromatic carbocycles. The topological polar surface area (TPSA) is 29.0 Å². The summed E-state index contributed by atoms with van der Waals surface area (Å²) in [7, 11) is 4.17. The maximum absolute atomic E-state index is 5.87. The lowest BCUT2D eigenvalue weighted by Gasteiger charge is -2.13. The summed E-state index contributed by atoms with van der Waals surface area (Å²) in [5, 5.41) is 0. The van der Waals surface area contributed by atoms with E-state index in [0.717, 1.165) is 18.3 Å². The van der Waals surface area contributed by atoms with E-state index in [0.29, 0.717) is 4.48 Å². The Morgan fingerprint density at radius 3 is 2.46 bits per heavy atom. The van der Waals surface area contributed by atoms with Gasteiger partial charge in [0.05, 0.1) is 14.1 Å². The Balaban J connectivity index is 2.56. The van der Waals surface area contributed by atoms with Gasteiger partial charge >= 0.3 is 6.34 Å². The van der Waals surface area contributed by atoms with E-state index < -0.39 is 0 Å². The summed E-state index contributed by atoms with van der Waals surface area (Å²) < 4.78 is 2.87. The summed E-state index contributed by atoms with van der Waals surface area (Å²) >= 11 is 0. The smallest absolute Gasteiger partial charge is 0.338 e. The standard InChI is InChI=1S/C10H21N3/c1-9(2)5-6-12-7-10(11)13(3,4)8-12/h7-9H,5-6,11H2,1-4H3/q+2. The minimum absolute atomic E-state index is 0.679. The van der Waals surface area contributed by atoms with Crippen molar-refractivity contribution in [3.63, 3.8) is 0 Å². The van der Waals surface area contributed by atoms with Gasteiger partial charge < -0.3 is 5.73 Å². The SMILES string of the molecule is CC(C)CC[N+]1=C[N+](C)(C)C(N)=C1. The molecule has 1 aliphatic rings. The van der Waals surface area contributed by atoms with Crippen LogP contribution in [-0.4, -0.2) is 36.0 Å². The fraction of sp³-hybridized carbons (Fsp3) is 0.700. The third kappa shape index (κ3) is 2.56. The molecule has 0 unspecified atom stereocenters. The van der Waals surface area contributed by atoms with Gasteiger partial charge in [-0.3, -0.25) is 0 Å². The maximum atomic E-state index is 5.87. The second kappa shape index (κ2) is 3.50. The van der Waals surface area contributed by atoms with E-state index >= 15 is 0 Å². The average Bonchev–Trinajstić information content (AvgIpc) is 2.22. The van der Waals surface area contributed by atoms with Gasteiger partial charge in [0.1, 0.15) is 0 Å². The van der Waals surface area contributed by atoms with E-state index in [1.54, 1.807) is 0 Å². The molecule has 1 aliphatic heterocycles. The second-order valence-electron chi connectivity index (χ2n) is 4.63. The molecule has 0 aromatic rings. The third-order valence-electron chi connectivity index (χ3n) is 2.37. The van der Waals surface area contributed by atoms with Crippen molar-refractivity contribution in [3.8, 4) is 0 Å². The summed E-state index contributed by atoms with van der Waals surface area (Å²) in [4.78, 5) is 0. The van der Waals surface area contributed by atoms with Crippen LogP contribution in [0.3, 0.4) is 0 Å². The lowest BCUT2D eigenvalue weighted by atomic mass is 10.1. The molecule has 0 amide bonds. The second-order valence-corrected chi connectivity index (χ2v) is 4.63. The lowest BCUT2D eigenvalue weighted by Crippen LogP contribution is -2.38. The molecule has 0 bridgehead atoms. The Hall–Kier alpha value is -0.830. The number of nitrogens with zero attached hydrogens (tertiary/aromatic N) is 2. The first kappa shape index (κ1) is 10.3. The van der Waals surface area contributed by atoms with Crippen LogP contribution in [0.4, 0.5) is 0 Å².